The van der Waals surface area contributed by atoms with Crippen molar-refractivity contribution in [2.24, 2.45) is 0 Å². The molecular formula is C20H22N2O4. The maximum absolute atomic E-state index is 12.1. The second-order valence-electron chi connectivity index (χ2n) is 5.87. The summed E-state index contributed by atoms with van der Waals surface area (Å²) in [7, 11) is 3.11. The van der Waals surface area contributed by atoms with Gasteiger partial charge in [0.05, 0.1) is 19.3 Å². The van der Waals surface area contributed by atoms with Gasteiger partial charge in [-0.25, -0.2) is 0 Å². The lowest BCUT2D eigenvalue weighted by Gasteiger charge is -2.15. The third kappa shape index (κ3) is 5.37. The van der Waals surface area contributed by atoms with Crippen LogP contribution in [0.4, 0.5) is 5.69 Å². The number of anilines is 1. The number of carbonyl (C=O) groups excluding carboxylic acids is 2. The van der Waals surface area contributed by atoms with Crippen molar-refractivity contribution in [1.82, 2.24) is 4.90 Å². The molecular weight excluding hydrogens is 332 g/mol. The number of aryl methyl sites for hydroxylation is 1. The molecule has 6 heteroatoms. The fourth-order valence-corrected chi connectivity index (χ4v) is 2.27. The summed E-state index contributed by atoms with van der Waals surface area (Å²) in [5, 5.41) is 12.4. The van der Waals surface area contributed by atoms with Gasteiger partial charge in [0.25, 0.3) is 0 Å². The molecule has 0 radical (unpaired) electrons. The largest absolute Gasteiger partial charge is 0.506 e. The molecule has 0 saturated carbocycles. The van der Waals surface area contributed by atoms with Gasteiger partial charge >= 0.3 is 0 Å². The summed E-state index contributed by atoms with van der Waals surface area (Å²) in [4.78, 5) is 25.5. The number of ether oxygens (including phenoxy) is 1. The Morgan fingerprint density at radius 1 is 1.23 bits per heavy atom. The number of aromatic hydroxyl groups is 1. The van der Waals surface area contributed by atoms with Crippen molar-refractivity contribution >= 4 is 23.6 Å². The number of amides is 2. The summed E-state index contributed by atoms with van der Waals surface area (Å²) in [6, 6.07) is 12.2. The molecule has 0 fully saturated rings. The van der Waals surface area contributed by atoms with Gasteiger partial charge in [0.2, 0.25) is 11.8 Å². The van der Waals surface area contributed by atoms with E-state index >= 15 is 0 Å². The summed E-state index contributed by atoms with van der Waals surface area (Å²) in [5.41, 5.74) is 2.02. The molecule has 26 heavy (non-hydrogen) atoms. The maximum Gasteiger partial charge on any atom is 0.246 e. The molecule has 2 N–H and O–H groups in total. The summed E-state index contributed by atoms with van der Waals surface area (Å²) in [5.74, 6) is -0.0126. The number of benzene rings is 2. The van der Waals surface area contributed by atoms with Gasteiger partial charge in [-0.1, -0.05) is 18.2 Å². The molecule has 0 spiro atoms. The molecule has 0 bridgehead atoms. The van der Waals surface area contributed by atoms with E-state index in [9.17, 15) is 14.7 Å². The molecule has 0 atom stereocenters. The average molecular weight is 354 g/mol. The molecule has 0 aliphatic heterocycles. The summed E-state index contributed by atoms with van der Waals surface area (Å²) >= 11 is 0. The van der Waals surface area contributed by atoms with Crippen molar-refractivity contribution < 1.29 is 19.4 Å². The standard InChI is InChI=1S/C20H22N2O4/c1-14-7-9-17(18(23)11-14)21-19(24)13-22(2)20(25)10-8-15-5-4-6-16(12-15)26-3/h4-12,23H,13H2,1-3H3,(H,21,24)/b10-8+. The lowest BCUT2D eigenvalue weighted by Crippen LogP contribution is -2.33. The van der Waals surface area contributed by atoms with E-state index in [1.54, 1.807) is 37.5 Å². The fraction of sp³-hybridized carbons (Fsp3) is 0.200. The molecule has 0 saturated heterocycles. The SMILES string of the molecule is COc1cccc(/C=C/C(=O)N(C)CC(=O)Nc2ccc(C)cc2O)c1. The number of hydrogen-bond donors (Lipinski definition) is 2. The Morgan fingerprint density at radius 2 is 2.00 bits per heavy atom. The lowest BCUT2D eigenvalue weighted by molar-refractivity contribution is -0.129. The normalized spacial score (nSPS) is 10.6. The van der Waals surface area contributed by atoms with Crippen LogP contribution in [0.2, 0.25) is 0 Å². The Kier molecular flexibility index (Phi) is 6.38. The van der Waals surface area contributed by atoms with Gasteiger partial charge in [-0.3, -0.25) is 9.59 Å². The van der Waals surface area contributed by atoms with Gasteiger partial charge in [-0.05, 0) is 48.4 Å². The van der Waals surface area contributed by atoms with Crippen molar-refractivity contribution in [3.05, 3.63) is 59.7 Å². The van der Waals surface area contributed by atoms with Crippen molar-refractivity contribution in [2.75, 3.05) is 26.0 Å². The minimum Gasteiger partial charge on any atom is -0.506 e. The van der Waals surface area contributed by atoms with E-state index in [2.05, 4.69) is 5.32 Å². The second-order valence-corrected chi connectivity index (χ2v) is 5.87. The molecule has 2 aromatic carbocycles. The summed E-state index contributed by atoms with van der Waals surface area (Å²) in [6.45, 7) is 1.71. The quantitative estimate of drug-likeness (QED) is 0.618. The third-order valence-electron chi connectivity index (χ3n) is 3.70. The second kappa shape index (κ2) is 8.71. The number of rotatable bonds is 6. The third-order valence-corrected chi connectivity index (χ3v) is 3.70. The van der Waals surface area contributed by atoms with E-state index in [1.165, 1.54) is 18.0 Å². The Bertz CT molecular complexity index is 830. The predicted octanol–water partition coefficient (Wildman–Crippen LogP) is 2.82. The maximum atomic E-state index is 12.1. The van der Waals surface area contributed by atoms with Crippen LogP contribution in [-0.2, 0) is 9.59 Å². The number of nitrogens with one attached hydrogen (secondary N) is 1. The number of hydrogen-bond acceptors (Lipinski definition) is 4. The predicted molar refractivity (Wildman–Crippen MR) is 101 cm³/mol. The van der Waals surface area contributed by atoms with Gasteiger partial charge in [0.15, 0.2) is 0 Å². The van der Waals surface area contributed by atoms with Crippen LogP contribution in [0.25, 0.3) is 6.08 Å². The number of nitrogens with zero attached hydrogens (tertiary/aromatic N) is 1. The molecule has 136 valence electrons. The molecule has 2 rings (SSSR count). The highest BCUT2D eigenvalue weighted by molar-refractivity contribution is 5.98. The van der Waals surface area contributed by atoms with E-state index in [-0.39, 0.29) is 18.2 Å². The van der Waals surface area contributed by atoms with Crippen molar-refractivity contribution in [1.29, 1.82) is 0 Å². The first kappa shape index (κ1) is 19.1. The van der Waals surface area contributed by atoms with Crippen LogP contribution >= 0.6 is 0 Å². The van der Waals surface area contributed by atoms with Gasteiger partial charge in [0.1, 0.15) is 11.5 Å². The van der Waals surface area contributed by atoms with E-state index < -0.39 is 5.91 Å². The van der Waals surface area contributed by atoms with Crippen molar-refractivity contribution in [3.63, 3.8) is 0 Å². The highest BCUT2D eigenvalue weighted by Gasteiger charge is 2.12. The van der Waals surface area contributed by atoms with Crippen molar-refractivity contribution in [3.8, 4) is 11.5 Å². The van der Waals surface area contributed by atoms with Crippen LogP contribution in [0, 0.1) is 6.92 Å². The first-order valence-corrected chi connectivity index (χ1v) is 8.05. The van der Waals surface area contributed by atoms with E-state index in [0.717, 1.165) is 11.1 Å². The number of methoxy groups -OCH3 is 1. The smallest absolute Gasteiger partial charge is 0.246 e. The van der Waals surface area contributed by atoms with Crippen LogP contribution in [-0.4, -0.2) is 42.5 Å². The molecule has 0 heterocycles. The van der Waals surface area contributed by atoms with Gasteiger partial charge in [-0.15, -0.1) is 0 Å². The number of phenols is 1. The Labute approximate surface area is 152 Å². The first-order valence-electron chi connectivity index (χ1n) is 8.05. The molecule has 2 aromatic rings. The zero-order valence-corrected chi connectivity index (χ0v) is 15.0. The fourth-order valence-electron chi connectivity index (χ4n) is 2.27. The molecule has 2 amide bonds. The van der Waals surface area contributed by atoms with E-state index in [1.807, 2.05) is 25.1 Å². The minimum absolute atomic E-state index is 0.00903. The number of carbonyl (C=O) groups is 2. The zero-order valence-electron chi connectivity index (χ0n) is 15.0. The molecule has 0 unspecified atom stereocenters. The number of phenolic OH excluding ortho intramolecular Hbond substituents is 1. The molecule has 0 aliphatic carbocycles. The van der Waals surface area contributed by atoms with E-state index in [4.69, 9.17) is 4.74 Å². The topological polar surface area (TPSA) is 78.9 Å². The zero-order chi connectivity index (χ0) is 19.1. The van der Waals surface area contributed by atoms with Crippen molar-refractivity contribution in [2.45, 2.75) is 6.92 Å². The number of likely N-dealkylation sites (N-methyl/N-ethyl adjacent to an activating group) is 1. The lowest BCUT2D eigenvalue weighted by atomic mass is 10.2. The van der Waals surface area contributed by atoms with Crippen LogP contribution in [0.1, 0.15) is 11.1 Å². The Morgan fingerprint density at radius 3 is 2.69 bits per heavy atom. The molecule has 0 aromatic heterocycles. The Balaban J connectivity index is 1.93. The van der Waals surface area contributed by atoms with Gasteiger partial charge in [-0.2, -0.15) is 0 Å². The van der Waals surface area contributed by atoms with Crippen LogP contribution in [0.15, 0.2) is 48.5 Å². The first-order chi connectivity index (χ1) is 12.4. The summed E-state index contributed by atoms with van der Waals surface area (Å²) < 4.78 is 5.13. The monoisotopic (exact) mass is 354 g/mol. The minimum atomic E-state index is -0.394. The van der Waals surface area contributed by atoms with E-state index in [0.29, 0.717) is 11.4 Å². The van der Waals surface area contributed by atoms with Crippen LogP contribution < -0.4 is 10.1 Å². The van der Waals surface area contributed by atoms with Crippen LogP contribution in [0.5, 0.6) is 11.5 Å². The Hall–Kier alpha value is -3.28. The van der Waals surface area contributed by atoms with Gasteiger partial charge < -0.3 is 20.1 Å². The molecule has 6 nitrogen and oxygen atoms in total. The highest BCUT2D eigenvalue weighted by atomic mass is 16.5. The van der Waals surface area contributed by atoms with Gasteiger partial charge in [0, 0.05) is 13.1 Å². The molecule has 0 aliphatic rings. The highest BCUT2D eigenvalue weighted by Crippen LogP contribution is 2.23. The van der Waals surface area contributed by atoms with Crippen LogP contribution in [0.3, 0.4) is 0 Å². The average Bonchev–Trinajstić information content (AvgIpc) is 2.62. The summed E-state index contributed by atoms with van der Waals surface area (Å²) in [6.07, 6.45) is 3.05.